The normalized spacial score (nSPS) is 27.1. The summed E-state index contributed by atoms with van der Waals surface area (Å²) in [6.45, 7) is 5.52. The minimum Gasteiger partial charge on any atom is -0.480 e. The molecular weight excluding hydrogens is 196 g/mol. The highest BCUT2D eigenvalue weighted by atomic mass is 16.5. The Kier molecular flexibility index (Phi) is 4.50. The van der Waals surface area contributed by atoms with Gasteiger partial charge in [0.05, 0.1) is 0 Å². The molecule has 5 nitrogen and oxygen atoms in total. The Balaban J connectivity index is 2.22. The lowest BCUT2D eigenvalue weighted by atomic mass is 10.0. The molecule has 1 fully saturated rings. The summed E-state index contributed by atoms with van der Waals surface area (Å²) in [6.07, 6.45) is 1.47. The second kappa shape index (κ2) is 5.44. The van der Waals surface area contributed by atoms with E-state index in [1.54, 1.807) is 0 Å². The molecule has 15 heavy (non-hydrogen) atoms. The van der Waals surface area contributed by atoms with E-state index in [0.29, 0.717) is 13.0 Å². The van der Waals surface area contributed by atoms with Crippen molar-refractivity contribution >= 4 is 5.97 Å². The monoisotopic (exact) mass is 216 g/mol. The summed E-state index contributed by atoms with van der Waals surface area (Å²) in [5, 5.41) is 8.92. The summed E-state index contributed by atoms with van der Waals surface area (Å²) in [4.78, 5) is 13.0. The van der Waals surface area contributed by atoms with Crippen molar-refractivity contribution in [3.63, 3.8) is 0 Å². The lowest BCUT2D eigenvalue weighted by molar-refractivity contribution is -0.142. The van der Waals surface area contributed by atoms with Crippen molar-refractivity contribution in [1.82, 2.24) is 4.90 Å². The number of nitrogens with two attached hydrogens (primary N) is 1. The Morgan fingerprint density at radius 2 is 2.40 bits per heavy atom. The van der Waals surface area contributed by atoms with Crippen LogP contribution in [-0.4, -0.2) is 54.4 Å². The Morgan fingerprint density at radius 1 is 1.67 bits per heavy atom. The van der Waals surface area contributed by atoms with Crippen LogP contribution in [0.4, 0.5) is 0 Å². The Labute approximate surface area is 90.2 Å². The predicted molar refractivity (Wildman–Crippen MR) is 56.7 cm³/mol. The third-order valence-electron chi connectivity index (χ3n) is 2.77. The van der Waals surface area contributed by atoms with Gasteiger partial charge in [0, 0.05) is 32.8 Å². The van der Waals surface area contributed by atoms with E-state index in [1.165, 1.54) is 0 Å². The van der Waals surface area contributed by atoms with Gasteiger partial charge < -0.3 is 20.5 Å². The number of rotatable bonds is 6. The Hall–Kier alpha value is -0.650. The molecule has 5 heteroatoms. The van der Waals surface area contributed by atoms with Crippen LogP contribution in [0.1, 0.15) is 19.8 Å². The maximum absolute atomic E-state index is 10.9. The van der Waals surface area contributed by atoms with Crippen molar-refractivity contribution in [3.8, 4) is 0 Å². The van der Waals surface area contributed by atoms with Gasteiger partial charge in [0.1, 0.15) is 5.54 Å². The largest absolute Gasteiger partial charge is 0.480 e. The van der Waals surface area contributed by atoms with Crippen LogP contribution >= 0.6 is 0 Å². The molecule has 1 saturated heterocycles. The third kappa shape index (κ3) is 3.44. The highest BCUT2D eigenvalue weighted by Gasteiger charge is 2.40. The number of carboxylic acid groups (broad SMARTS) is 1. The van der Waals surface area contributed by atoms with Crippen LogP contribution in [0.5, 0.6) is 0 Å². The molecular formula is C10H20N2O3. The predicted octanol–water partition coefficient (Wildman–Crippen LogP) is -0.0992. The zero-order valence-corrected chi connectivity index (χ0v) is 9.24. The van der Waals surface area contributed by atoms with Crippen molar-refractivity contribution < 1.29 is 14.6 Å². The first-order valence-corrected chi connectivity index (χ1v) is 5.41. The quantitative estimate of drug-likeness (QED) is 0.606. The summed E-state index contributed by atoms with van der Waals surface area (Å²) in [7, 11) is 0. The second-order valence-electron chi connectivity index (χ2n) is 4.04. The standard InChI is InChI=1S/C10H20N2O3/c1-2-15-7-3-5-12-6-4-10(11,8-12)9(13)14/h2-8,11H2,1H3,(H,13,14). The molecule has 0 bridgehead atoms. The third-order valence-corrected chi connectivity index (χ3v) is 2.77. The van der Waals surface area contributed by atoms with Crippen LogP contribution in [0.15, 0.2) is 0 Å². The van der Waals surface area contributed by atoms with Crippen molar-refractivity contribution in [2.24, 2.45) is 5.73 Å². The van der Waals surface area contributed by atoms with E-state index in [-0.39, 0.29) is 0 Å². The molecule has 1 aliphatic rings. The molecule has 0 radical (unpaired) electrons. The van der Waals surface area contributed by atoms with E-state index in [1.807, 2.05) is 6.92 Å². The van der Waals surface area contributed by atoms with Gasteiger partial charge in [0.25, 0.3) is 0 Å². The first kappa shape index (κ1) is 12.4. The highest BCUT2D eigenvalue weighted by Crippen LogP contribution is 2.18. The lowest BCUT2D eigenvalue weighted by Crippen LogP contribution is -2.50. The fraction of sp³-hybridized carbons (Fsp3) is 0.900. The number of carboxylic acids is 1. The average molecular weight is 216 g/mol. The minimum atomic E-state index is -1.04. The molecule has 1 rings (SSSR count). The van der Waals surface area contributed by atoms with Crippen molar-refractivity contribution in [2.75, 3.05) is 32.8 Å². The summed E-state index contributed by atoms with van der Waals surface area (Å²) in [5.74, 6) is -0.894. The van der Waals surface area contributed by atoms with E-state index in [9.17, 15) is 4.79 Å². The number of hydrogen-bond donors (Lipinski definition) is 2. The Morgan fingerprint density at radius 3 is 2.93 bits per heavy atom. The van der Waals surface area contributed by atoms with E-state index in [0.717, 1.165) is 32.7 Å². The van der Waals surface area contributed by atoms with Gasteiger partial charge in [-0.1, -0.05) is 0 Å². The first-order valence-electron chi connectivity index (χ1n) is 5.41. The summed E-state index contributed by atoms with van der Waals surface area (Å²) in [5.41, 5.74) is 4.71. The fourth-order valence-electron chi connectivity index (χ4n) is 1.81. The van der Waals surface area contributed by atoms with Crippen molar-refractivity contribution in [1.29, 1.82) is 0 Å². The van der Waals surface area contributed by atoms with E-state index in [4.69, 9.17) is 15.6 Å². The molecule has 0 spiro atoms. The molecule has 1 heterocycles. The summed E-state index contributed by atoms with van der Waals surface area (Å²) >= 11 is 0. The van der Waals surface area contributed by atoms with Gasteiger partial charge in [-0.15, -0.1) is 0 Å². The van der Waals surface area contributed by atoms with Gasteiger partial charge in [0.15, 0.2) is 0 Å². The van der Waals surface area contributed by atoms with Crippen LogP contribution in [0.2, 0.25) is 0 Å². The number of hydrogen-bond acceptors (Lipinski definition) is 4. The topological polar surface area (TPSA) is 75.8 Å². The molecule has 1 atom stereocenters. The maximum Gasteiger partial charge on any atom is 0.325 e. The van der Waals surface area contributed by atoms with Crippen LogP contribution in [-0.2, 0) is 9.53 Å². The van der Waals surface area contributed by atoms with Crippen LogP contribution in [0, 0.1) is 0 Å². The molecule has 0 aromatic rings. The van der Waals surface area contributed by atoms with E-state index in [2.05, 4.69) is 4.90 Å². The maximum atomic E-state index is 10.9. The fourth-order valence-corrected chi connectivity index (χ4v) is 1.81. The Bertz CT molecular complexity index is 223. The number of aliphatic carboxylic acids is 1. The van der Waals surface area contributed by atoms with Crippen LogP contribution < -0.4 is 5.73 Å². The molecule has 0 amide bonds. The first-order chi connectivity index (χ1) is 7.08. The minimum absolute atomic E-state index is 0.453. The number of ether oxygens (including phenoxy) is 1. The summed E-state index contributed by atoms with van der Waals surface area (Å²) < 4.78 is 5.22. The zero-order chi connectivity index (χ0) is 11.3. The molecule has 1 aliphatic heterocycles. The van der Waals surface area contributed by atoms with Crippen LogP contribution in [0.25, 0.3) is 0 Å². The molecule has 88 valence electrons. The van der Waals surface area contributed by atoms with Gasteiger partial charge in [-0.2, -0.15) is 0 Å². The van der Waals surface area contributed by atoms with E-state index >= 15 is 0 Å². The number of carbonyl (C=O) groups is 1. The van der Waals surface area contributed by atoms with Gasteiger partial charge >= 0.3 is 5.97 Å². The summed E-state index contributed by atoms with van der Waals surface area (Å²) in [6, 6.07) is 0. The van der Waals surface area contributed by atoms with Gasteiger partial charge in [-0.25, -0.2) is 0 Å². The van der Waals surface area contributed by atoms with Crippen molar-refractivity contribution in [3.05, 3.63) is 0 Å². The zero-order valence-electron chi connectivity index (χ0n) is 9.24. The van der Waals surface area contributed by atoms with Gasteiger partial charge in [0.2, 0.25) is 0 Å². The van der Waals surface area contributed by atoms with Gasteiger partial charge in [-0.3, -0.25) is 4.79 Å². The molecule has 0 aliphatic carbocycles. The molecule has 0 aromatic heterocycles. The van der Waals surface area contributed by atoms with E-state index < -0.39 is 11.5 Å². The molecule has 1 unspecified atom stereocenters. The molecule has 0 aromatic carbocycles. The van der Waals surface area contributed by atoms with Crippen LogP contribution in [0.3, 0.4) is 0 Å². The average Bonchev–Trinajstić information content (AvgIpc) is 2.57. The van der Waals surface area contributed by atoms with Gasteiger partial charge in [-0.05, 0) is 19.8 Å². The number of nitrogens with zero attached hydrogens (tertiary/aromatic N) is 1. The highest BCUT2D eigenvalue weighted by molar-refractivity contribution is 5.79. The second-order valence-corrected chi connectivity index (χ2v) is 4.04. The smallest absolute Gasteiger partial charge is 0.325 e. The SMILES string of the molecule is CCOCCCN1CCC(N)(C(=O)O)C1. The number of likely N-dealkylation sites (tertiary alicyclic amines) is 1. The molecule has 0 saturated carbocycles. The van der Waals surface area contributed by atoms with Crippen molar-refractivity contribution in [2.45, 2.75) is 25.3 Å². The molecule has 3 N–H and O–H groups in total. The lowest BCUT2D eigenvalue weighted by Gasteiger charge is -2.19.